The highest BCUT2D eigenvalue weighted by Crippen LogP contribution is 2.39. The van der Waals surface area contributed by atoms with Crippen LogP contribution in [-0.2, 0) is 6.54 Å². The highest BCUT2D eigenvalue weighted by Gasteiger charge is 2.24. The molecule has 1 heterocycles. The lowest BCUT2D eigenvalue weighted by atomic mass is 9.80. The molecule has 0 spiro atoms. The second-order valence-electron chi connectivity index (χ2n) is 5.60. The van der Waals surface area contributed by atoms with E-state index in [2.05, 4.69) is 19.2 Å². The number of aromatic nitrogens is 1. The number of hydrogen-bond acceptors (Lipinski definition) is 3. The maximum atomic E-state index is 4.80. The lowest BCUT2D eigenvalue weighted by molar-refractivity contribution is 0.308. The summed E-state index contributed by atoms with van der Waals surface area (Å²) in [6.45, 7) is 5.42. The van der Waals surface area contributed by atoms with Gasteiger partial charge in [-0.2, -0.15) is 0 Å². The maximum Gasteiger partial charge on any atom is 0.0962 e. The summed E-state index contributed by atoms with van der Waals surface area (Å²) in [5.41, 5.74) is 1.24. The van der Waals surface area contributed by atoms with E-state index in [1.807, 2.05) is 18.4 Å². The Bertz CT molecular complexity index is 365. The average molecular weight is 266 g/mol. The van der Waals surface area contributed by atoms with Gasteiger partial charge in [-0.3, -0.25) is 0 Å². The van der Waals surface area contributed by atoms with Gasteiger partial charge in [0.1, 0.15) is 0 Å². The van der Waals surface area contributed by atoms with Crippen LogP contribution in [0.3, 0.4) is 0 Å². The Kier molecular flexibility index (Phi) is 5.19. The molecule has 0 radical (unpaired) electrons. The molecule has 1 aliphatic carbocycles. The van der Waals surface area contributed by atoms with Crippen LogP contribution >= 0.6 is 11.3 Å². The van der Waals surface area contributed by atoms with Gasteiger partial charge < -0.3 is 5.32 Å². The van der Waals surface area contributed by atoms with Crippen molar-refractivity contribution >= 4 is 11.3 Å². The van der Waals surface area contributed by atoms with Crippen LogP contribution in [0.1, 0.15) is 66.9 Å². The van der Waals surface area contributed by atoms with Crippen molar-refractivity contribution in [2.75, 3.05) is 7.05 Å². The molecule has 0 atom stereocenters. The predicted octanol–water partition coefficient (Wildman–Crippen LogP) is 4.24. The van der Waals surface area contributed by atoms with Crippen molar-refractivity contribution in [3.05, 3.63) is 15.6 Å². The summed E-state index contributed by atoms with van der Waals surface area (Å²) in [4.78, 5) is 6.22. The molecule has 1 aromatic heterocycles. The third-order valence-electron chi connectivity index (χ3n) is 4.14. The first-order valence-electron chi connectivity index (χ1n) is 7.35. The van der Waals surface area contributed by atoms with Crippen LogP contribution in [-0.4, -0.2) is 12.0 Å². The van der Waals surface area contributed by atoms with Gasteiger partial charge >= 0.3 is 0 Å². The van der Waals surface area contributed by atoms with Gasteiger partial charge in [0.2, 0.25) is 0 Å². The highest BCUT2D eigenvalue weighted by atomic mass is 32.1. The van der Waals surface area contributed by atoms with Crippen molar-refractivity contribution in [1.29, 1.82) is 0 Å². The molecular weight excluding hydrogens is 240 g/mol. The molecular formula is C15H26N2S. The molecule has 0 aliphatic heterocycles. The van der Waals surface area contributed by atoms with Crippen LogP contribution in [0.5, 0.6) is 0 Å². The molecule has 0 amide bonds. The third-order valence-corrected chi connectivity index (χ3v) is 5.46. The van der Waals surface area contributed by atoms with Crippen molar-refractivity contribution < 1.29 is 0 Å². The number of thiazole rings is 1. The van der Waals surface area contributed by atoms with Crippen LogP contribution < -0.4 is 5.32 Å². The Labute approximate surface area is 115 Å². The molecule has 1 saturated carbocycles. The van der Waals surface area contributed by atoms with Crippen molar-refractivity contribution in [1.82, 2.24) is 10.3 Å². The number of nitrogens with one attached hydrogen (secondary N) is 1. The lowest BCUT2D eigenvalue weighted by Crippen LogP contribution is -2.13. The second-order valence-corrected chi connectivity index (χ2v) is 6.71. The van der Waals surface area contributed by atoms with E-state index in [4.69, 9.17) is 4.98 Å². The van der Waals surface area contributed by atoms with E-state index in [1.54, 1.807) is 0 Å². The summed E-state index contributed by atoms with van der Waals surface area (Å²) in [5, 5.41) is 4.63. The molecule has 1 fully saturated rings. The second kappa shape index (κ2) is 6.67. The molecule has 18 heavy (non-hydrogen) atoms. The molecule has 1 N–H and O–H groups in total. The van der Waals surface area contributed by atoms with Gasteiger partial charge in [0.15, 0.2) is 0 Å². The third kappa shape index (κ3) is 3.33. The summed E-state index contributed by atoms with van der Waals surface area (Å²) < 4.78 is 0. The van der Waals surface area contributed by atoms with Crippen LogP contribution in [0.2, 0.25) is 0 Å². The van der Waals surface area contributed by atoms with Gasteiger partial charge in [-0.1, -0.05) is 19.8 Å². The smallest absolute Gasteiger partial charge is 0.0962 e. The van der Waals surface area contributed by atoms with Crippen molar-refractivity contribution in [2.24, 2.45) is 5.92 Å². The number of hydrogen-bond donors (Lipinski definition) is 1. The summed E-state index contributed by atoms with van der Waals surface area (Å²) in [5.74, 6) is 1.73. The van der Waals surface area contributed by atoms with Crippen LogP contribution in [0.4, 0.5) is 0 Å². The van der Waals surface area contributed by atoms with Gasteiger partial charge in [-0.15, -0.1) is 11.3 Å². The lowest BCUT2D eigenvalue weighted by Gasteiger charge is -2.26. The first-order valence-corrected chi connectivity index (χ1v) is 8.17. The normalized spacial score (nSPS) is 24.4. The molecule has 2 rings (SSSR count). The molecule has 0 unspecified atom stereocenters. The van der Waals surface area contributed by atoms with E-state index in [1.165, 1.54) is 54.1 Å². The fourth-order valence-corrected chi connectivity index (χ4v) is 4.30. The maximum absolute atomic E-state index is 4.80. The minimum atomic E-state index is 0.743. The zero-order valence-electron chi connectivity index (χ0n) is 12.0. The minimum Gasteiger partial charge on any atom is -0.315 e. The molecule has 0 bridgehead atoms. The van der Waals surface area contributed by atoms with E-state index in [9.17, 15) is 0 Å². The topological polar surface area (TPSA) is 24.9 Å². The first-order chi connectivity index (χ1) is 8.74. The Hall–Kier alpha value is -0.410. The minimum absolute atomic E-state index is 0.743. The summed E-state index contributed by atoms with van der Waals surface area (Å²) >= 11 is 1.93. The predicted molar refractivity (Wildman–Crippen MR) is 79.2 cm³/mol. The molecule has 0 aromatic carbocycles. The Morgan fingerprint density at radius 3 is 2.61 bits per heavy atom. The number of aryl methyl sites for hydroxylation is 1. The molecule has 2 nitrogen and oxygen atoms in total. The van der Waals surface area contributed by atoms with Gasteiger partial charge in [0, 0.05) is 17.3 Å². The van der Waals surface area contributed by atoms with E-state index in [0.29, 0.717) is 0 Å². The first kappa shape index (κ1) is 14.0. The number of rotatable bonds is 5. The fraction of sp³-hybridized carbons (Fsp3) is 0.800. The average Bonchev–Trinajstić information content (AvgIpc) is 2.73. The van der Waals surface area contributed by atoms with Gasteiger partial charge in [-0.05, 0) is 45.6 Å². The van der Waals surface area contributed by atoms with Crippen molar-refractivity contribution in [3.8, 4) is 0 Å². The molecule has 1 aliphatic rings. The van der Waals surface area contributed by atoms with E-state index in [0.717, 1.165) is 18.4 Å². The molecule has 1 aromatic rings. The molecule has 3 heteroatoms. The van der Waals surface area contributed by atoms with Crippen LogP contribution in [0.15, 0.2) is 0 Å². The van der Waals surface area contributed by atoms with Crippen LogP contribution in [0, 0.1) is 12.8 Å². The van der Waals surface area contributed by atoms with Gasteiger partial charge in [0.05, 0.1) is 10.7 Å². The largest absolute Gasteiger partial charge is 0.315 e. The fourth-order valence-electron chi connectivity index (χ4n) is 3.06. The molecule has 102 valence electrons. The Morgan fingerprint density at radius 2 is 2.00 bits per heavy atom. The Balaban J connectivity index is 1.94. The SMILES string of the molecule is CCCC1CCC(c2nc(C)c(CNC)s2)CC1. The van der Waals surface area contributed by atoms with Crippen LogP contribution in [0.25, 0.3) is 0 Å². The van der Waals surface area contributed by atoms with Crippen molar-refractivity contribution in [2.45, 2.75) is 64.8 Å². The van der Waals surface area contributed by atoms with Gasteiger partial charge in [-0.25, -0.2) is 4.98 Å². The highest BCUT2D eigenvalue weighted by molar-refractivity contribution is 7.11. The van der Waals surface area contributed by atoms with E-state index in [-0.39, 0.29) is 0 Å². The zero-order valence-corrected chi connectivity index (χ0v) is 12.8. The Morgan fingerprint density at radius 1 is 1.28 bits per heavy atom. The van der Waals surface area contributed by atoms with E-state index >= 15 is 0 Å². The molecule has 0 saturated heterocycles. The van der Waals surface area contributed by atoms with Crippen molar-refractivity contribution in [3.63, 3.8) is 0 Å². The number of nitrogens with zero attached hydrogens (tertiary/aromatic N) is 1. The van der Waals surface area contributed by atoms with Gasteiger partial charge in [0.25, 0.3) is 0 Å². The summed E-state index contributed by atoms with van der Waals surface area (Å²) in [6.07, 6.45) is 8.32. The van der Waals surface area contributed by atoms with E-state index < -0.39 is 0 Å². The quantitative estimate of drug-likeness (QED) is 0.862. The monoisotopic (exact) mass is 266 g/mol. The summed E-state index contributed by atoms with van der Waals surface area (Å²) in [6, 6.07) is 0. The zero-order chi connectivity index (χ0) is 13.0. The standard InChI is InChI=1S/C15H26N2S/c1-4-5-12-6-8-13(9-7-12)15-17-11(2)14(18-15)10-16-3/h12-13,16H,4-10H2,1-3H3. The summed E-state index contributed by atoms with van der Waals surface area (Å²) in [7, 11) is 2.01.